The molecule has 0 spiro atoms. The van der Waals surface area contributed by atoms with E-state index in [9.17, 15) is 22.5 Å². The van der Waals surface area contributed by atoms with Gasteiger partial charge in [-0.05, 0) is 67.8 Å². The highest BCUT2D eigenvalue weighted by Gasteiger charge is 2.40. The lowest BCUT2D eigenvalue weighted by Gasteiger charge is -2.45. The Kier molecular flexibility index (Phi) is 6.78. The minimum absolute atomic E-state index is 0.195. The number of aliphatic hydroxyl groups excluding tert-OH is 1. The molecule has 5 rings (SSSR count). The molecule has 1 heterocycles. The van der Waals surface area contributed by atoms with Crippen molar-refractivity contribution in [2.75, 3.05) is 11.9 Å². The van der Waals surface area contributed by atoms with Crippen LogP contribution in [0.5, 0.6) is 17.2 Å². The van der Waals surface area contributed by atoms with Gasteiger partial charge in [-0.15, -0.1) is 13.2 Å². The molecule has 0 aromatic heterocycles. The summed E-state index contributed by atoms with van der Waals surface area (Å²) in [7, 11) is -1.87. The van der Waals surface area contributed by atoms with E-state index >= 15 is 0 Å². The van der Waals surface area contributed by atoms with Gasteiger partial charge in [0.2, 0.25) is 0 Å². The van der Waals surface area contributed by atoms with Crippen molar-refractivity contribution in [3.63, 3.8) is 0 Å². The summed E-state index contributed by atoms with van der Waals surface area (Å²) in [6, 6.07) is 19.0. The molecule has 4 atom stereocenters. The van der Waals surface area contributed by atoms with Gasteiger partial charge in [0, 0.05) is 13.1 Å². The van der Waals surface area contributed by atoms with Gasteiger partial charge in [0.05, 0.1) is 28.4 Å². The number of aliphatic hydroxyl groups is 1. The molecule has 1 saturated carbocycles. The van der Waals surface area contributed by atoms with Gasteiger partial charge < -0.3 is 19.5 Å². The molecule has 11 heteroatoms. The molecule has 1 fully saturated rings. The quantitative estimate of drug-likeness (QED) is 0.435. The fourth-order valence-electron chi connectivity index (χ4n) is 4.91. The minimum atomic E-state index is -4.83. The van der Waals surface area contributed by atoms with Gasteiger partial charge in [-0.25, -0.2) is 13.3 Å². The number of rotatable bonds is 5. The third kappa shape index (κ3) is 5.11. The van der Waals surface area contributed by atoms with Crippen LogP contribution in [0, 0.1) is 0 Å². The van der Waals surface area contributed by atoms with E-state index in [1.807, 2.05) is 48.5 Å². The summed E-state index contributed by atoms with van der Waals surface area (Å²) < 4.78 is 68.4. The highest BCUT2D eigenvalue weighted by molar-refractivity contribution is 7.91. The summed E-state index contributed by atoms with van der Waals surface area (Å²) in [5.41, 5.74) is 1.65. The monoisotopic (exact) mass is 533 g/mol. The fraction of sp³-hybridized carbons (Fsp3) is 0.308. The summed E-state index contributed by atoms with van der Waals surface area (Å²) in [5.74, 6) is 0.936. The van der Waals surface area contributed by atoms with Gasteiger partial charge >= 0.3 is 6.36 Å². The van der Waals surface area contributed by atoms with Crippen LogP contribution in [0.15, 0.2) is 82.1 Å². The van der Waals surface area contributed by atoms with Gasteiger partial charge in [0.1, 0.15) is 15.7 Å². The third-order valence-corrected chi connectivity index (χ3v) is 8.62. The number of fused-ring (bicyclic) bond motifs is 2. The first-order valence-electron chi connectivity index (χ1n) is 11.8. The second kappa shape index (κ2) is 9.88. The van der Waals surface area contributed by atoms with Crippen LogP contribution in [0.3, 0.4) is 0 Å². The average molecular weight is 534 g/mol. The van der Waals surface area contributed by atoms with E-state index in [4.69, 9.17) is 4.74 Å². The highest BCUT2D eigenvalue weighted by Crippen LogP contribution is 2.49. The summed E-state index contributed by atoms with van der Waals surface area (Å²) in [4.78, 5) is 2.27. The van der Waals surface area contributed by atoms with Crippen molar-refractivity contribution in [3.8, 4) is 17.2 Å². The molecule has 37 heavy (non-hydrogen) atoms. The molecule has 2 unspecified atom stereocenters. The molecule has 2 N–H and O–H groups in total. The summed E-state index contributed by atoms with van der Waals surface area (Å²) in [6.07, 6.45) is -3.76. The molecular weight excluding hydrogens is 507 g/mol. The molecule has 1 aliphatic carbocycles. The molecule has 2 aliphatic rings. The lowest BCUT2D eigenvalue weighted by Crippen LogP contribution is -2.56. The Morgan fingerprint density at radius 3 is 2.16 bits per heavy atom. The van der Waals surface area contributed by atoms with Crippen LogP contribution in [0.1, 0.15) is 19.3 Å². The van der Waals surface area contributed by atoms with Gasteiger partial charge in [-0.1, -0.05) is 24.3 Å². The predicted octanol–water partition coefficient (Wildman–Crippen LogP) is 5.77. The second-order valence-electron chi connectivity index (χ2n) is 8.85. The molecule has 3 aromatic rings. The molecule has 1 aliphatic heterocycles. The van der Waals surface area contributed by atoms with Crippen LogP contribution in [-0.4, -0.2) is 40.9 Å². The number of alkyl halides is 3. The van der Waals surface area contributed by atoms with Crippen molar-refractivity contribution >= 4 is 21.3 Å². The van der Waals surface area contributed by atoms with Crippen LogP contribution in [0.2, 0.25) is 0 Å². The molecule has 0 bridgehead atoms. The lowest BCUT2D eigenvalue weighted by atomic mass is 9.86. The maximum atomic E-state index is 13.8. The van der Waals surface area contributed by atoms with E-state index in [0.717, 1.165) is 29.9 Å². The summed E-state index contributed by atoms with van der Waals surface area (Å²) in [6.45, 7) is 0. The van der Waals surface area contributed by atoms with E-state index in [1.165, 1.54) is 19.2 Å². The third-order valence-electron chi connectivity index (χ3n) is 6.57. The largest absolute Gasteiger partial charge is 0.573 e. The van der Waals surface area contributed by atoms with Crippen molar-refractivity contribution in [2.45, 2.75) is 48.7 Å². The van der Waals surface area contributed by atoms with Crippen LogP contribution >= 0.6 is 0 Å². The Balaban J connectivity index is 1.42. The zero-order valence-corrected chi connectivity index (χ0v) is 20.7. The molecule has 0 amide bonds. The fourth-order valence-corrected chi connectivity index (χ4v) is 6.54. The van der Waals surface area contributed by atoms with E-state index in [-0.39, 0.29) is 10.9 Å². The Bertz CT molecular complexity index is 1340. The number of ether oxygens (including phenoxy) is 2. The highest BCUT2D eigenvalue weighted by atomic mass is 32.2. The molecule has 0 radical (unpaired) electrons. The first-order valence-corrected chi connectivity index (χ1v) is 13.3. The average Bonchev–Trinajstić information content (AvgIpc) is 2.88. The van der Waals surface area contributed by atoms with E-state index < -0.39 is 34.2 Å². The molecule has 0 saturated heterocycles. The summed E-state index contributed by atoms with van der Waals surface area (Å²) >= 11 is 0. The number of benzene rings is 3. The van der Waals surface area contributed by atoms with E-state index in [1.54, 1.807) is 0 Å². The number of anilines is 2. The molecule has 7 nitrogen and oxygen atoms in total. The van der Waals surface area contributed by atoms with Crippen LogP contribution in [0.25, 0.3) is 0 Å². The Morgan fingerprint density at radius 2 is 1.59 bits per heavy atom. The lowest BCUT2D eigenvalue weighted by molar-refractivity contribution is -0.274. The number of nitrogens with one attached hydrogen (secondary N) is 1. The van der Waals surface area contributed by atoms with Crippen molar-refractivity contribution in [1.82, 2.24) is 4.72 Å². The number of halogens is 3. The number of nitrogens with zero attached hydrogens (tertiary/aromatic N) is 2. The Morgan fingerprint density at radius 1 is 1.00 bits per heavy atom. The second-order valence-corrected chi connectivity index (χ2v) is 11.0. The number of hydrogen-bond acceptors (Lipinski definition) is 6. The van der Waals surface area contributed by atoms with Crippen molar-refractivity contribution < 1.29 is 32.0 Å². The summed E-state index contributed by atoms with van der Waals surface area (Å²) in [5, 5.41) is 11.6. The van der Waals surface area contributed by atoms with Crippen molar-refractivity contribution in [3.05, 3.63) is 72.8 Å². The maximum absolute atomic E-state index is 13.8. The van der Waals surface area contributed by atoms with Gasteiger partial charge in [0.15, 0.2) is 11.5 Å². The first-order chi connectivity index (χ1) is 17.7. The zero-order chi connectivity index (χ0) is 26.2. The normalized spacial score (nSPS) is 22.7. The number of hydrogen-bond donors (Lipinski definition) is 2. The topological polar surface area (TPSA) is 83.4 Å². The number of para-hydroxylation sites is 4. The predicted molar refractivity (Wildman–Crippen MR) is 134 cm³/mol. The van der Waals surface area contributed by atoms with Gasteiger partial charge in [0.25, 0.3) is 0 Å². The smallest absolute Gasteiger partial charge is 0.453 e. The zero-order valence-electron chi connectivity index (χ0n) is 19.9. The standard InChI is InChI=1S/C26H26F3N3O4S/c1-30-37(34,18-15-13-17(14-16-18)36-26(27,28)29)31-19-7-6-10-22(25(19)33)32-20-8-2-4-11-23(20)35-24-12-5-3-9-21(24)32/h2-5,8-9,11-16,19,22,25,33H,6-7,10H2,1H3,(H,30,31,34)/t19-,22?,25+,37?/m1/s1. The van der Waals surface area contributed by atoms with E-state index in [2.05, 4.69) is 18.7 Å². The SMILES string of the molecule is CN=S(=O)(N[C@@H]1CCCC(N2c3ccccc3Oc3ccccc32)[C@H]1O)c1ccc(OC(F)(F)F)cc1. The first kappa shape index (κ1) is 25.4. The molecular formula is C26H26F3N3O4S. The van der Waals surface area contributed by atoms with Crippen molar-refractivity contribution in [1.29, 1.82) is 0 Å². The maximum Gasteiger partial charge on any atom is 0.573 e. The minimum Gasteiger partial charge on any atom is -0.453 e. The molecule has 196 valence electrons. The Hall–Kier alpha value is -3.28. The van der Waals surface area contributed by atoms with Crippen LogP contribution < -0.4 is 19.1 Å². The van der Waals surface area contributed by atoms with E-state index in [0.29, 0.717) is 24.3 Å². The molecule has 3 aromatic carbocycles. The van der Waals surface area contributed by atoms with Gasteiger partial charge in [-0.3, -0.25) is 0 Å². The Labute approximate surface area is 213 Å². The van der Waals surface area contributed by atoms with Crippen LogP contribution in [0.4, 0.5) is 24.5 Å². The van der Waals surface area contributed by atoms with Crippen molar-refractivity contribution in [2.24, 2.45) is 4.36 Å². The van der Waals surface area contributed by atoms with Crippen LogP contribution in [-0.2, 0) is 9.92 Å². The van der Waals surface area contributed by atoms with Gasteiger partial charge in [-0.2, -0.15) is 0 Å².